The first-order chi connectivity index (χ1) is 9.86. The van der Waals surface area contributed by atoms with E-state index in [2.05, 4.69) is 71.0 Å². The quantitative estimate of drug-likeness (QED) is 0.616. The molecular weight excluding hydrogens is 390 g/mol. The van der Waals surface area contributed by atoms with Crippen molar-refractivity contribution in [3.05, 3.63) is 81.2 Å². The molecule has 2 aromatic carbocycles. The van der Waals surface area contributed by atoms with Crippen LogP contribution in [-0.4, -0.2) is 4.21 Å². The normalized spacial score (nSPS) is 14.5. The zero-order chi connectivity index (χ0) is 13.5. The van der Waals surface area contributed by atoms with Gasteiger partial charge >= 0.3 is 128 Å². The van der Waals surface area contributed by atoms with E-state index in [0.717, 1.165) is 6.42 Å². The Hall–Kier alpha value is -0.747. The third-order valence-electron chi connectivity index (χ3n) is 4.37. The molecule has 4 rings (SSSR count). The molecule has 0 aromatic heterocycles. The molecule has 2 aliphatic rings. The van der Waals surface area contributed by atoms with Gasteiger partial charge in [-0.15, -0.1) is 24.8 Å². The van der Waals surface area contributed by atoms with Crippen LogP contribution in [0.2, 0.25) is 0 Å². The van der Waals surface area contributed by atoms with Crippen LogP contribution in [0.25, 0.3) is 11.1 Å². The van der Waals surface area contributed by atoms with Gasteiger partial charge in [0.2, 0.25) is 0 Å². The second-order valence-corrected chi connectivity index (χ2v) is 11.0. The second kappa shape index (κ2) is 7.22. The van der Waals surface area contributed by atoms with Crippen molar-refractivity contribution in [1.29, 1.82) is 0 Å². The molecule has 2 aromatic rings. The second-order valence-electron chi connectivity index (χ2n) is 5.46. The molecule has 0 spiro atoms. The van der Waals surface area contributed by atoms with Gasteiger partial charge in [-0.3, -0.25) is 0 Å². The number of allylic oxidation sites excluding steroid dienone is 4. The van der Waals surface area contributed by atoms with E-state index in [0.29, 0.717) is 3.63 Å². The Morgan fingerprint density at radius 1 is 0.864 bits per heavy atom. The van der Waals surface area contributed by atoms with Crippen molar-refractivity contribution in [3.8, 4) is 11.1 Å². The van der Waals surface area contributed by atoms with Crippen LogP contribution < -0.4 is 0 Å². The first-order valence-corrected chi connectivity index (χ1v) is 11.5. The van der Waals surface area contributed by atoms with Crippen LogP contribution in [0.5, 0.6) is 0 Å². The number of benzene rings is 2. The number of hydrogen-bond donors (Lipinski definition) is 0. The van der Waals surface area contributed by atoms with Crippen molar-refractivity contribution < 1.29 is 21.3 Å². The van der Waals surface area contributed by atoms with Gasteiger partial charge in [0.05, 0.1) is 0 Å². The fourth-order valence-corrected chi connectivity index (χ4v) is 9.09. The summed E-state index contributed by atoms with van der Waals surface area (Å²) in [6, 6.07) is 17.8. The molecular formula is C19H18Cl2Zr. The third kappa shape index (κ3) is 2.76. The summed E-state index contributed by atoms with van der Waals surface area (Å²) in [6.45, 7) is 0. The topological polar surface area (TPSA) is 0 Å². The van der Waals surface area contributed by atoms with E-state index < -0.39 is 21.3 Å². The molecule has 0 radical (unpaired) electrons. The Kier molecular flexibility index (Phi) is 5.78. The van der Waals surface area contributed by atoms with Gasteiger partial charge < -0.3 is 0 Å². The van der Waals surface area contributed by atoms with Crippen LogP contribution in [0.4, 0.5) is 0 Å². The molecule has 0 aliphatic heterocycles. The van der Waals surface area contributed by atoms with Crippen molar-refractivity contribution in [2.75, 3.05) is 0 Å². The number of halogens is 2. The van der Waals surface area contributed by atoms with E-state index in [-0.39, 0.29) is 24.8 Å². The summed E-state index contributed by atoms with van der Waals surface area (Å²) in [5.41, 5.74) is 5.90. The van der Waals surface area contributed by atoms with Gasteiger partial charge in [-0.2, -0.15) is 0 Å². The minimum absolute atomic E-state index is 0. The number of fused-ring (bicyclic) bond motifs is 3. The van der Waals surface area contributed by atoms with Crippen molar-refractivity contribution >= 4 is 29.0 Å². The van der Waals surface area contributed by atoms with Crippen molar-refractivity contribution in [2.24, 2.45) is 0 Å². The van der Waals surface area contributed by atoms with Crippen molar-refractivity contribution in [1.82, 2.24) is 0 Å². The fraction of sp³-hybridized carbons (Fsp3) is 0.105. The molecule has 0 amide bonds. The maximum absolute atomic E-state index is 4.69. The summed E-state index contributed by atoms with van der Waals surface area (Å²) in [5, 5.41) is 0. The first kappa shape index (κ1) is 17.6. The Morgan fingerprint density at radius 3 is 1.91 bits per heavy atom. The van der Waals surface area contributed by atoms with E-state index in [4.69, 9.17) is 0 Å². The fourth-order valence-electron chi connectivity index (χ4n) is 3.40. The van der Waals surface area contributed by atoms with Gasteiger partial charge in [-0.25, -0.2) is 0 Å². The molecule has 0 saturated carbocycles. The molecule has 0 nitrogen and oxygen atoms in total. The zero-order valence-electron chi connectivity index (χ0n) is 12.2. The summed E-state index contributed by atoms with van der Waals surface area (Å²) >= 11 is -1.88. The summed E-state index contributed by atoms with van der Waals surface area (Å²) in [7, 11) is 0. The van der Waals surface area contributed by atoms with Crippen LogP contribution in [0.3, 0.4) is 0 Å². The molecule has 0 N–H and O–H groups in total. The van der Waals surface area contributed by atoms with E-state index >= 15 is 0 Å². The van der Waals surface area contributed by atoms with E-state index in [1.165, 1.54) is 22.3 Å². The Balaban J connectivity index is 0.000000882. The maximum atomic E-state index is 4.69. The molecule has 3 heteroatoms. The van der Waals surface area contributed by atoms with E-state index in [9.17, 15) is 0 Å². The number of hydrogen-bond acceptors (Lipinski definition) is 0. The van der Waals surface area contributed by atoms with Gasteiger partial charge in [-0.05, 0) is 0 Å². The van der Waals surface area contributed by atoms with Crippen molar-refractivity contribution in [2.45, 2.75) is 10.0 Å². The molecule has 0 saturated heterocycles. The predicted molar refractivity (Wildman–Crippen MR) is 97.2 cm³/mol. The van der Waals surface area contributed by atoms with Crippen LogP contribution in [0, 0.1) is 0 Å². The third-order valence-corrected chi connectivity index (χ3v) is 10.5. The molecule has 0 unspecified atom stereocenters. The van der Waals surface area contributed by atoms with Gasteiger partial charge in [0.15, 0.2) is 0 Å². The SMILES string of the molecule is Cl.Cl.[CH2]=[Zr]([C]1=CC=CC1)[CH]1c2ccccc2-c2ccccc21. The van der Waals surface area contributed by atoms with E-state index in [1.54, 1.807) is 3.28 Å². The van der Waals surface area contributed by atoms with Gasteiger partial charge in [0.25, 0.3) is 0 Å². The molecule has 22 heavy (non-hydrogen) atoms. The predicted octanol–water partition coefficient (Wildman–Crippen LogP) is 5.49. The van der Waals surface area contributed by atoms with Crippen molar-refractivity contribution in [3.63, 3.8) is 0 Å². The number of rotatable bonds is 2. The summed E-state index contributed by atoms with van der Waals surface area (Å²) in [5.74, 6) is 0. The molecule has 0 atom stereocenters. The Bertz CT molecular complexity index is 729. The van der Waals surface area contributed by atoms with Crippen LogP contribution in [0.1, 0.15) is 21.2 Å². The Morgan fingerprint density at radius 2 is 1.41 bits per heavy atom. The molecule has 112 valence electrons. The standard InChI is InChI=1S/C13H9.C5H5.CH2.2ClH.Zr/c1-3-7-12-10(5-1)9-11-6-2-4-8-13(11)12;1-2-4-5-3-1;;;;/h1-9H;1-3H,4H2;1H2;2*1H;. The average Bonchev–Trinajstić information content (AvgIpc) is 3.13. The average molecular weight is 408 g/mol. The van der Waals surface area contributed by atoms with Crippen LogP contribution >= 0.6 is 24.8 Å². The van der Waals surface area contributed by atoms with Crippen LogP contribution in [0.15, 0.2) is 70.0 Å². The zero-order valence-corrected chi connectivity index (χ0v) is 16.2. The summed E-state index contributed by atoms with van der Waals surface area (Å²) < 4.78 is 6.92. The monoisotopic (exact) mass is 406 g/mol. The Labute approximate surface area is 151 Å². The molecule has 0 heterocycles. The molecule has 0 bridgehead atoms. The molecule has 2 aliphatic carbocycles. The van der Waals surface area contributed by atoms with E-state index in [1.807, 2.05) is 0 Å². The van der Waals surface area contributed by atoms with Crippen LogP contribution in [-0.2, 0) is 21.3 Å². The first-order valence-electron chi connectivity index (χ1n) is 7.09. The van der Waals surface area contributed by atoms with Gasteiger partial charge in [-0.1, -0.05) is 0 Å². The summed E-state index contributed by atoms with van der Waals surface area (Å²) in [6.07, 6.45) is 7.94. The minimum atomic E-state index is -1.88. The summed E-state index contributed by atoms with van der Waals surface area (Å²) in [4.78, 5) is 0. The van der Waals surface area contributed by atoms with Gasteiger partial charge in [0.1, 0.15) is 0 Å². The molecule has 0 fully saturated rings. The van der Waals surface area contributed by atoms with Gasteiger partial charge in [0, 0.05) is 0 Å².